The molecule has 0 spiro atoms. The van der Waals surface area contributed by atoms with Gasteiger partial charge in [-0.1, -0.05) is 44.5 Å². The summed E-state index contributed by atoms with van der Waals surface area (Å²) in [6, 6.07) is 7.94. The molecule has 0 saturated heterocycles. The monoisotopic (exact) mass is 285 g/mol. The smallest absolute Gasteiger partial charge is 0.0297 e. The molecule has 2 unspecified atom stereocenters. The van der Waals surface area contributed by atoms with Crippen molar-refractivity contribution in [1.29, 1.82) is 0 Å². The number of fused-ring (bicyclic) bond motifs is 2. The van der Waals surface area contributed by atoms with Crippen LogP contribution in [0.15, 0.2) is 18.2 Å². The Morgan fingerprint density at radius 1 is 1.19 bits per heavy atom. The molecule has 2 aliphatic rings. The summed E-state index contributed by atoms with van der Waals surface area (Å²) in [7, 11) is 0. The molecule has 1 N–H and O–H groups in total. The maximum Gasteiger partial charge on any atom is 0.0297 e. The Bertz CT molecular complexity index is 540. The molecule has 116 valence electrons. The van der Waals surface area contributed by atoms with Crippen molar-refractivity contribution in [1.82, 2.24) is 5.32 Å². The Balaban J connectivity index is 1.83. The summed E-state index contributed by atoms with van der Waals surface area (Å²) < 4.78 is 0. The second-order valence-corrected chi connectivity index (χ2v) is 8.60. The second kappa shape index (κ2) is 4.84. The first-order valence-electron chi connectivity index (χ1n) is 8.57. The molecule has 2 saturated carbocycles. The number of hydrogen-bond donors (Lipinski definition) is 1. The van der Waals surface area contributed by atoms with E-state index in [1.165, 1.54) is 36.0 Å². The molecule has 1 nitrogen and oxygen atoms in total. The van der Waals surface area contributed by atoms with Crippen LogP contribution in [0.3, 0.4) is 0 Å². The lowest BCUT2D eigenvalue weighted by Crippen LogP contribution is -2.51. The van der Waals surface area contributed by atoms with E-state index >= 15 is 0 Å². The number of nitrogens with one attached hydrogen (secondary N) is 1. The van der Waals surface area contributed by atoms with Gasteiger partial charge >= 0.3 is 0 Å². The minimum atomic E-state index is 0.430. The number of rotatable bonds is 3. The first-order valence-corrected chi connectivity index (χ1v) is 8.57. The van der Waals surface area contributed by atoms with Crippen LogP contribution >= 0.6 is 0 Å². The van der Waals surface area contributed by atoms with Crippen LogP contribution in [0.5, 0.6) is 0 Å². The molecule has 1 aromatic carbocycles. The SMILES string of the molecule is Cc1ccc(C(C)NC2C(C)(C)[C@H]3CC[C@]2(C)C3)c(C)c1. The van der Waals surface area contributed by atoms with Gasteiger partial charge in [0.2, 0.25) is 0 Å². The van der Waals surface area contributed by atoms with Crippen molar-refractivity contribution in [2.24, 2.45) is 16.7 Å². The van der Waals surface area contributed by atoms with Crippen LogP contribution in [-0.2, 0) is 0 Å². The van der Waals surface area contributed by atoms with Crippen LogP contribution < -0.4 is 5.32 Å². The largest absolute Gasteiger partial charge is 0.306 e. The van der Waals surface area contributed by atoms with Crippen LogP contribution in [0.25, 0.3) is 0 Å². The van der Waals surface area contributed by atoms with Crippen molar-refractivity contribution in [2.75, 3.05) is 0 Å². The van der Waals surface area contributed by atoms with Gasteiger partial charge in [0.25, 0.3) is 0 Å². The predicted molar refractivity (Wildman–Crippen MR) is 90.5 cm³/mol. The first kappa shape index (κ1) is 15.1. The molecule has 3 rings (SSSR count). The van der Waals surface area contributed by atoms with Crippen LogP contribution in [-0.4, -0.2) is 6.04 Å². The van der Waals surface area contributed by atoms with E-state index in [0.717, 1.165) is 5.92 Å². The van der Waals surface area contributed by atoms with Crippen LogP contribution in [0.4, 0.5) is 0 Å². The average molecular weight is 285 g/mol. The normalized spacial score (nSPS) is 35.1. The van der Waals surface area contributed by atoms with E-state index in [0.29, 0.717) is 22.9 Å². The van der Waals surface area contributed by atoms with Gasteiger partial charge in [0, 0.05) is 12.1 Å². The second-order valence-electron chi connectivity index (χ2n) is 8.60. The molecular weight excluding hydrogens is 254 g/mol. The van der Waals surface area contributed by atoms with Crippen molar-refractivity contribution in [3.63, 3.8) is 0 Å². The van der Waals surface area contributed by atoms with Gasteiger partial charge in [-0.3, -0.25) is 0 Å². The van der Waals surface area contributed by atoms with E-state index in [1.54, 1.807) is 0 Å². The Kier molecular flexibility index (Phi) is 3.48. The van der Waals surface area contributed by atoms with Gasteiger partial charge in [-0.05, 0) is 67.9 Å². The molecule has 0 amide bonds. The van der Waals surface area contributed by atoms with Crippen molar-refractivity contribution in [3.05, 3.63) is 34.9 Å². The quantitative estimate of drug-likeness (QED) is 0.808. The van der Waals surface area contributed by atoms with Gasteiger partial charge in [0.15, 0.2) is 0 Å². The fraction of sp³-hybridized carbons (Fsp3) is 0.700. The third-order valence-electron chi connectivity index (χ3n) is 6.58. The molecule has 0 radical (unpaired) electrons. The highest BCUT2D eigenvalue weighted by Gasteiger charge is 2.59. The zero-order valence-corrected chi connectivity index (χ0v) is 14.6. The zero-order chi connectivity index (χ0) is 15.4. The van der Waals surface area contributed by atoms with Crippen molar-refractivity contribution < 1.29 is 0 Å². The fourth-order valence-electron chi connectivity index (χ4n) is 5.37. The standard InChI is InChI=1S/C20H31N/c1-13-7-8-17(14(2)11-13)15(3)21-18-19(4,5)16-9-10-20(18,6)12-16/h7-8,11,15-16,18,21H,9-10,12H2,1-6H3/t15?,16-,18?,20+/m0/s1. The molecule has 1 heteroatoms. The summed E-state index contributed by atoms with van der Waals surface area (Å²) in [5.41, 5.74) is 5.17. The third-order valence-corrected chi connectivity index (χ3v) is 6.58. The van der Waals surface area contributed by atoms with Gasteiger partial charge < -0.3 is 5.32 Å². The van der Waals surface area contributed by atoms with E-state index in [9.17, 15) is 0 Å². The summed E-state index contributed by atoms with van der Waals surface area (Å²) in [5, 5.41) is 4.02. The summed E-state index contributed by atoms with van der Waals surface area (Å²) in [6.07, 6.45) is 4.25. The average Bonchev–Trinajstić information content (AvgIpc) is 2.85. The van der Waals surface area contributed by atoms with Crippen molar-refractivity contribution in [2.45, 2.75) is 72.9 Å². The maximum absolute atomic E-state index is 4.02. The molecule has 0 heterocycles. The molecule has 0 aliphatic heterocycles. The molecule has 4 atom stereocenters. The highest BCUT2D eigenvalue weighted by atomic mass is 15.0. The minimum Gasteiger partial charge on any atom is -0.306 e. The maximum atomic E-state index is 4.02. The Morgan fingerprint density at radius 3 is 2.48 bits per heavy atom. The zero-order valence-electron chi connectivity index (χ0n) is 14.6. The molecule has 2 aliphatic carbocycles. The van der Waals surface area contributed by atoms with Crippen LogP contribution in [0.1, 0.15) is 69.7 Å². The summed E-state index contributed by atoms with van der Waals surface area (Å²) >= 11 is 0. The van der Waals surface area contributed by atoms with Gasteiger partial charge in [0.1, 0.15) is 0 Å². The lowest BCUT2D eigenvalue weighted by atomic mass is 9.68. The van der Waals surface area contributed by atoms with E-state index in [-0.39, 0.29) is 0 Å². The summed E-state index contributed by atoms with van der Waals surface area (Å²) in [6.45, 7) is 14.2. The van der Waals surface area contributed by atoms with Crippen LogP contribution in [0, 0.1) is 30.6 Å². The van der Waals surface area contributed by atoms with Gasteiger partial charge in [-0.15, -0.1) is 0 Å². The molecule has 1 aromatic rings. The minimum absolute atomic E-state index is 0.430. The van der Waals surface area contributed by atoms with E-state index in [2.05, 4.69) is 65.1 Å². The van der Waals surface area contributed by atoms with Crippen molar-refractivity contribution in [3.8, 4) is 0 Å². The summed E-state index contributed by atoms with van der Waals surface area (Å²) in [4.78, 5) is 0. The number of benzene rings is 1. The van der Waals surface area contributed by atoms with Gasteiger partial charge in [-0.25, -0.2) is 0 Å². The molecule has 2 bridgehead atoms. The number of hydrogen-bond acceptors (Lipinski definition) is 1. The van der Waals surface area contributed by atoms with E-state index < -0.39 is 0 Å². The first-order chi connectivity index (χ1) is 9.74. The van der Waals surface area contributed by atoms with E-state index in [1.807, 2.05) is 0 Å². The Morgan fingerprint density at radius 2 is 1.90 bits per heavy atom. The van der Waals surface area contributed by atoms with Crippen LogP contribution in [0.2, 0.25) is 0 Å². The predicted octanol–water partition coefficient (Wildman–Crippen LogP) is 5.17. The molecular formula is C20H31N. The van der Waals surface area contributed by atoms with Gasteiger partial charge in [-0.2, -0.15) is 0 Å². The topological polar surface area (TPSA) is 12.0 Å². The summed E-state index contributed by atoms with van der Waals surface area (Å²) in [5.74, 6) is 0.909. The van der Waals surface area contributed by atoms with E-state index in [4.69, 9.17) is 0 Å². The highest BCUT2D eigenvalue weighted by molar-refractivity contribution is 5.33. The Labute approximate surface area is 130 Å². The van der Waals surface area contributed by atoms with Crippen molar-refractivity contribution >= 4 is 0 Å². The number of aryl methyl sites for hydroxylation is 2. The molecule has 21 heavy (non-hydrogen) atoms. The lowest BCUT2D eigenvalue weighted by Gasteiger charge is -2.45. The molecule has 0 aromatic heterocycles. The van der Waals surface area contributed by atoms with Gasteiger partial charge in [0.05, 0.1) is 0 Å². The Hall–Kier alpha value is -0.820. The fourth-order valence-corrected chi connectivity index (χ4v) is 5.37. The lowest BCUT2D eigenvalue weighted by molar-refractivity contribution is 0.100. The molecule has 2 fully saturated rings. The third kappa shape index (κ3) is 2.34. The highest BCUT2D eigenvalue weighted by Crippen LogP contribution is 2.62.